The minimum Gasteiger partial charge on any atom is -0.335 e. The second kappa shape index (κ2) is 4.55. The summed E-state index contributed by atoms with van der Waals surface area (Å²) in [6, 6.07) is 0. The fraction of sp³-hybridized carbons (Fsp3) is 0.750. The molecule has 0 aliphatic carbocycles. The Morgan fingerprint density at radius 2 is 2.06 bits per heavy atom. The van der Waals surface area contributed by atoms with Gasteiger partial charge in [0.15, 0.2) is 0 Å². The van der Waals surface area contributed by atoms with Crippen molar-refractivity contribution in [3.63, 3.8) is 0 Å². The van der Waals surface area contributed by atoms with Crippen molar-refractivity contribution in [2.24, 2.45) is 0 Å². The number of hydrogen-bond donors (Lipinski definition) is 1. The van der Waals surface area contributed by atoms with Crippen LogP contribution in [0.1, 0.15) is 24.4 Å². The van der Waals surface area contributed by atoms with Crippen molar-refractivity contribution in [3.05, 3.63) is 17.7 Å². The molecule has 0 atom stereocenters. The lowest BCUT2D eigenvalue weighted by Gasteiger charge is -2.26. The highest BCUT2D eigenvalue weighted by Crippen LogP contribution is 2.15. The minimum atomic E-state index is 1.03. The van der Waals surface area contributed by atoms with Crippen LogP contribution in [0.4, 0.5) is 0 Å². The van der Waals surface area contributed by atoms with Crippen molar-refractivity contribution < 1.29 is 0 Å². The number of rotatable bonds is 2. The Morgan fingerprint density at radius 3 is 2.88 bits per heavy atom. The van der Waals surface area contributed by atoms with Crippen LogP contribution < -0.4 is 5.32 Å². The van der Waals surface area contributed by atoms with Gasteiger partial charge in [0.25, 0.3) is 0 Å². The Morgan fingerprint density at radius 1 is 1.19 bits per heavy atom. The van der Waals surface area contributed by atoms with Crippen LogP contribution in [0.2, 0.25) is 0 Å². The van der Waals surface area contributed by atoms with Gasteiger partial charge in [0.2, 0.25) is 0 Å². The first-order chi connectivity index (χ1) is 7.92. The van der Waals surface area contributed by atoms with Gasteiger partial charge >= 0.3 is 0 Å². The lowest BCUT2D eigenvalue weighted by molar-refractivity contribution is 0.231. The van der Waals surface area contributed by atoms with Crippen molar-refractivity contribution in [1.82, 2.24) is 19.8 Å². The van der Waals surface area contributed by atoms with Crippen LogP contribution in [0.5, 0.6) is 0 Å². The minimum absolute atomic E-state index is 1.03. The lowest BCUT2D eigenvalue weighted by Crippen LogP contribution is -2.42. The maximum Gasteiger partial charge on any atom is 0.109 e. The Balaban J connectivity index is 1.67. The molecule has 4 nitrogen and oxygen atoms in total. The molecule has 16 heavy (non-hydrogen) atoms. The van der Waals surface area contributed by atoms with Crippen LogP contribution in [-0.4, -0.2) is 40.6 Å². The molecule has 0 amide bonds. The number of imidazole rings is 1. The number of piperazine rings is 1. The monoisotopic (exact) mass is 220 g/mol. The molecule has 0 unspecified atom stereocenters. The van der Waals surface area contributed by atoms with Crippen LogP contribution in [-0.2, 0) is 19.5 Å². The van der Waals surface area contributed by atoms with Crippen molar-refractivity contribution in [1.29, 1.82) is 0 Å². The van der Waals surface area contributed by atoms with E-state index in [1.165, 1.54) is 37.3 Å². The normalized spacial score (nSPS) is 22.0. The first-order valence-corrected chi connectivity index (χ1v) is 6.40. The molecule has 4 heteroatoms. The maximum atomic E-state index is 4.75. The van der Waals surface area contributed by atoms with Gasteiger partial charge in [-0.05, 0) is 12.8 Å². The van der Waals surface area contributed by atoms with Crippen molar-refractivity contribution in [2.75, 3.05) is 26.2 Å². The average molecular weight is 220 g/mol. The quantitative estimate of drug-likeness (QED) is 0.793. The van der Waals surface area contributed by atoms with Crippen molar-refractivity contribution >= 4 is 0 Å². The summed E-state index contributed by atoms with van der Waals surface area (Å²) in [7, 11) is 0. The molecule has 2 aliphatic rings. The molecular weight excluding hydrogens is 200 g/mol. The summed E-state index contributed by atoms with van der Waals surface area (Å²) in [6.07, 6.45) is 6.05. The Labute approximate surface area is 96.7 Å². The Kier molecular flexibility index (Phi) is 2.93. The molecule has 1 aromatic rings. The molecule has 0 spiro atoms. The first kappa shape index (κ1) is 10.3. The van der Waals surface area contributed by atoms with E-state index in [1.807, 2.05) is 0 Å². The summed E-state index contributed by atoms with van der Waals surface area (Å²) in [5.74, 6) is 1.30. The Bertz CT molecular complexity index is 328. The molecule has 3 heterocycles. The van der Waals surface area contributed by atoms with E-state index in [-0.39, 0.29) is 0 Å². The van der Waals surface area contributed by atoms with E-state index in [0.717, 1.165) is 32.7 Å². The maximum absolute atomic E-state index is 4.75. The number of hydrogen-bond acceptors (Lipinski definition) is 3. The highest BCUT2D eigenvalue weighted by atomic mass is 15.2. The number of fused-ring (bicyclic) bond motifs is 1. The van der Waals surface area contributed by atoms with E-state index >= 15 is 0 Å². The second-order valence-electron chi connectivity index (χ2n) is 4.83. The molecule has 1 fully saturated rings. The van der Waals surface area contributed by atoms with Crippen molar-refractivity contribution in [3.8, 4) is 0 Å². The van der Waals surface area contributed by atoms with Crippen LogP contribution in [0, 0.1) is 0 Å². The van der Waals surface area contributed by atoms with Gasteiger partial charge < -0.3 is 9.88 Å². The molecular formula is C12H20N4. The van der Waals surface area contributed by atoms with Gasteiger partial charge in [-0.3, -0.25) is 4.90 Å². The van der Waals surface area contributed by atoms with Crippen LogP contribution in [0.3, 0.4) is 0 Å². The summed E-state index contributed by atoms with van der Waals surface area (Å²) in [5.41, 5.74) is 1.26. The van der Waals surface area contributed by atoms with E-state index in [0.29, 0.717) is 0 Å². The molecule has 0 saturated carbocycles. The van der Waals surface area contributed by atoms with Gasteiger partial charge in [-0.2, -0.15) is 0 Å². The number of aryl methyl sites for hydroxylation is 2. The molecule has 1 aromatic heterocycles. The topological polar surface area (TPSA) is 33.1 Å². The van der Waals surface area contributed by atoms with Gasteiger partial charge in [0.1, 0.15) is 5.82 Å². The zero-order valence-corrected chi connectivity index (χ0v) is 9.78. The molecule has 3 rings (SSSR count). The molecule has 0 aromatic carbocycles. The lowest BCUT2D eigenvalue weighted by atomic mass is 10.2. The number of nitrogens with one attached hydrogen (secondary N) is 1. The summed E-state index contributed by atoms with van der Waals surface area (Å²) in [4.78, 5) is 7.24. The molecule has 0 radical (unpaired) electrons. The van der Waals surface area contributed by atoms with Gasteiger partial charge in [0, 0.05) is 51.9 Å². The van der Waals surface area contributed by atoms with E-state index < -0.39 is 0 Å². The zero-order chi connectivity index (χ0) is 10.8. The summed E-state index contributed by atoms with van der Waals surface area (Å²) in [5, 5.41) is 3.38. The van der Waals surface area contributed by atoms with Gasteiger partial charge in [-0.25, -0.2) is 4.98 Å². The molecule has 0 bridgehead atoms. The van der Waals surface area contributed by atoms with Crippen LogP contribution in [0.25, 0.3) is 0 Å². The van der Waals surface area contributed by atoms with Gasteiger partial charge in [-0.1, -0.05) is 0 Å². The predicted octanol–water partition coefficient (Wildman–Crippen LogP) is 0.625. The standard InChI is InChI=1S/C12H20N4/c1-2-6-16-10-11(14-12(16)3-1)9-15-7-4-13-5-8-15/h10,13H,1-9H2. The second-order valence-corrected chi connectivity index (χ2v) is 4.83. The molecule has 1 saturated heterocycles. The fourth-order valence-corrected chi connectivity index (χ4v) is 2.65. The zero-order valence-electron chi connectivity index (χ0n) is 9.78. The smallest absolute Gasteiger partial charge is 0.109 e. The average Bonchev–Trinajstić information content (AvgIpc) is 2.72. The van der Waals surface area contributed by atoms with E-state index in [4.69, 9.17) is 4.98 Å². The first-order valence-electron chi connectivity index (χ1n) is 6.40. The largest absolute Gasteiger partial charge is 0.335 e. The molecule has 88 valence electrons. The number of aromatic nitrogens is 2. The third-order valence-electron chi connectivity index (χ3n) is 3.55. The van der Waals surface area contributed by atoms with Crippen molar-refractivity contribution in [2.45, 2.75) is 32.4 Å². The predicted molar refractivity (Wildman–Crippen MR) is 63.3 cm³/mol. The third kappa shape index (κ3) is 2.13. The molecule has 2 aliphatic heterocycles. The highest BCUT2D eigenvalue weighted by molar-refractivity contribution is 5.06. The van der Waals surface area contributed by atoms with Crippen LogP contribution in [0.15, 0.2) is 6.20 Å². The summed E-state index contributed by atoms with van der Waals surface area (Å²) in [6.45, 7) is 6.75. The SMILES string of the molecule is c1c(CN2CCNCC2)nc2n1CCCC2. The fourth-order valence-electron chi connectivity index (χ4n) is 2.65. The van der Waals surface area contributed by atoms with E-state index in [2.05, 4.69) is 21.0 Å². The third-order valence-corrected chi connectivity index (χ3v) is 3.55. The number of nitrogens with zero attached hydrogens (tertiary/aromatic N) is 3. The summed E-state index contributed by atoms with van der Waals surface area (Å²) < 4.78 is 2.35. The van der Waals surface area contributed by atoms with Gasteiger partial charge in [-0.15, -0.1) is 0 Å². The summed E-state index contributed by atoms with van der Waals surface area (Å²) >= 11 is 0. The van der Waals surface area contributed by atoms with E-state index in [9.17, 15) is 0 Å². The Hall–Kier alpha value is -0.870. The molecule has 1 N–H and O–H groups in total. The van der Waals surface area contributed by atoms with Crippen LogP contribution >= 0.6 is 0 Å². The highest BCUT2D eigenvalue weighted by Gasteiger charge is 2.15. The van der Waals surface area contributed by atoms with Gasteiger partial charge in [0.05, 0.1) is 5.69 Å². The van der Waals surface area contributed by atoms with E-state index in [1.54, 1.807) is 0 Å².